The lowest BCUT2D eigenvalue weighted by Crippen LogP contribution is -2.00. The second-order valence-electron chi connectivity index (χ2n) is 4.60. The highest BCUT2D eigenvalue weighted by Gasteiger charge is 2.20. The van der Waals surface area contributed by atoms with Crippen LogP contribution >= 0.6 is 11.8 Å². The topological polar surface area (TPSA) is 24.9 Å². The molecule has 0 bridgehead atoms. The monoisotopic (exact) mass is 256 g/mol. The van der Waals surface area contributed by atoms with Crippen molar-refractivity contribution >= 4 is 17.4 Å². The van der Waals surface area contributed by atoms with Gasteiger partial charge in [0.25, 0.3) is 0 Å². The summed E-state index contributed by atoms with van der Waals surface area (Å²) in [5.74, 6) is 0.995. The van der Waals surface area contributed by atoms with Crippen LogP contribution in [0, 0.1) is 0 Å². The Bertz CT molecular complexity index is 509. The fourth-order valence-electron chi connectivity index (χ4n) is 1.78. The van der Waals surface area contributed by atoms with Gasteiger partial charge in [0.1, 0.15) is 0 Å². The average molecular weight is 256 g/mol. The minimum atomic E-state index is 0.682. The number of pyridine rings is 1. The van der Waals surface area contributed by atoms with E-state index in [0.717, 1.165) is 11.4 Å². The Morgan fingerprint density at radius 3 is 2.78 bits per heavy atom. The van der Waals surface area contributed by atoms with E-state index in [1.54, 1.807) is 0 Å². The van der Waals surface area contributed by atoms with Gasteiger partial charge in [0, 0.05) is 22.9 Å². The predicted molar refractivity (Wildman–Crippen MR) is 76.9 cm³/mol. The van der Waals surface area contributed by atoms with Gasteiger partial charge in [0.05, 0.1) is 11.9 Å². The van der Waals surface area contributed by atoms with E-state index < -0.39 is 0 Å². The molecule has 2 nitrogen and oxygen atoms in total. The second kappa shape index (κ2) is 5.44. The van der Waals surface area contributed by atoms with Gasteiger partial charge in [-0.25, -0.2) is 0 Å². The first-order valence-electron chi connectivity index (χ1n) is 6.28. The Kier molecular flexibility index (Phi) is 3.51. The Balaban J connectivity index is 1.61. The number of hydrogen-bond acceptors (Lipinski definition) is 3. The normalized spacial score (nSPS) is 14.4. The van der Waals surface area contributed by atoms with E-state index in [1.165, 1.54) is 23.3 Å². The third-order valence-corrected chi connectivity index (χ3v) is 3.94. The summed E-state index contributed by atoms with van der Waals surface area (Å²) in [6.45, 7) is 0. The zero-order chi connectivity index (χ0) is 12.2. The van der Waals surface area contributed by atoms with Crippen LogP contribution in [0.25, 0.3) is 0 Å². The molecular weight excluding hydrogens is 240 g/mol. The summed E-state index contributed by atoms with van der Waals surface area (Å²) < 4.78 is 0. The summed E-state index contributed by atoms with van der Waals surface area (Å²) in [5, 5.41) is 3.48. The average Bonchev–Trinajstić information content (AvgIpc) is 3.22. The summed E-state index contributed by atoms with van der Waals surface area (Å²) in [4.78, 5) is 5.52. The Morgan fingerprint density at radius 2 is 2.00 bits per heavy atom. The summed E-state index contributed by atoms with van der Waals surface area (Å²) in [7, 11) is 0. The summed E-state index contributed by atoms with van der Waals surface area (Å²) in [6.07, 6.45) is 6.43. The molecule has 1 saturated carbocycles. The van der Waals surface area contributed by atoms with Crippen molar-refractivity contribution in [2.45, 2.75) is 29.5 Å². The van der Waals surface area contributed by atoms with Gasteiger partial charge in [-0.3, -0.25) is 4.98 Å². The molecule has 0 radical (unpaired) electrons. The maximum absolute atomic E-state index is 4.29. The maximum Gasteiger partial charge on any atom is 0.0540 e. The molecule has 1 aromatic carbocycles. The van der Waals surface area contributed by atoms with Crippen molar-refractivity contribution in [2.75, 3.05) is 5.32 Å². The van der Waals surface area contributed by atoms with Crippen LogP contribution in [-0.2, 0) is 5.75 Å². The van der Waals surface area contributed by atoms with Crippen LogP contribution in [0.3, 0.4) is 0 Å². The molecule has 18 heavy (non-hydrogen) atoms. The number of aromatic nitrogens is 1. The minimum Gasteiger partial charge on any atom is -0.381 e. The van der Waals surface area contributed by atoms with E-state index in [1.807, 2.05) is 24.2 Å². The molecule has 2 aromatic rings. The number of anilines is 1. The number of nitrogens with zero attached hydrogens (tertiary/aromatic N) is 1. The highest BCUT2D eigenvalue weighted by atomic mass is 32.2. The van der Waals surface area contributed by atoms with Crippen LogP contribution in [0.1, 0.15) is 18.4 Å². The Labute approximate surface area is 112 Å². The first-order chi connectivity index (χ1) is 8.90. The van der Waals surface area contributed by atoms with Gasteiger partial charge in [0.15, 0.2) is 0 Å². The van der Waals surface area contributed by atoms with Gasteiger partial charge in [-0.15, -0.1) is 11.8 Å². The number of nitrogens with one attached hydrogen (secondary N) is 1. The van der Waals surface area contributed by atoms with E-state index >= 15 is 0 Å². The van der Waals surface area contributed by atoms with Crippen molar-refractivity contribution in [3.8, 4) is 0 Å². The quantitative estimate of drug-likeness (QED) is 0.820. The summed E-state index contributed by atoms with van der Waals surface area (Å²) in [6, 6.07) is 13.4. The highest BCUT2D eigenvalue weighted by Crippen LogP contribution is 2.28. The van der Waals surface area contributed by atoms with E-state index in [0.29, 0.717) is 6.04 Å². The molecular formula is C15H16N2S. The van der Waals surface area contributed by atoms with Gasteiger partial charge in [0.2, 0.25) is 0 Å². The third kappa shape index (κ3) is 3.26. The highest BCUT2D eigenvalue weighted by molar-refractivity contribution is 7.98. The van der Waals surface area contributed by atoms with E-state index in [2.05, 4.69) is 46.7 Å². The molecule has 1 N–H and O–H groups in total. The van der Waals surface area contributed by atoms with Gasteiger partial charge in [-0.05, 0) is 24.5 Å². The van der Waals surface area contributed by atoms with Crippen LogP contribution in [-0.4, -0.2) is 11.0 Å². The minimum absolute atomic E-state index is 0.682. The lowest BCUT2D eigenvalue weighted by atomic mass is 10.2. The standard InChI is InChI=1S/C15H16N2S/c1-2-4-12(5-3-1)11-18-15-8-14(9-16-10-15)17-13-6-7-13/h1-5,8-10,13,17H,6-7,11H2. The van der Waals surface area contributed by atoms with E-state index in [9.17, 15) is 0 Å². The lowest BCUT2D eigenvalue weighted by molar-refractivity contribution is 1.12. The molecule has 0 atom stereocenters. The molecule has 0 amide bonds. The molecule has 0 unspecified atom stereocenters. The predicted octanol–water partition coefficient (Wildman–Crippen LogP) is 3.95. The zero-order valence-electron chi connectivity index (χ0n) is 10.2. The van der Waals surface area contributed by atoms with Crippen molar-refractivity contribution in [2.24, 2.45) is 0 Å². The molecule has 3 heteroatoms. The molecule has 92 valence electrons. The first kappa shape index (κ1) is 11.6. The lowest BCUT2D eigenvalue weighted by Gasteiger charge is -2.06. The van der Waals surface area contributed by atoms with Crippen LogP contribution in [0.15, 0.2) is 53.7 Å². The van der Waals surface area contributed by atoms with Crippen LogP contribution < -0.4 is 5.32 Å². The van der Waals surface area contributed by atoms with Gasteiger partial charge < -0.3 is 5.32 Å². The number of hydrogen-bond donors (Lipinski definition) is 1. The van der Waals surface area contributed by atoms with Crippen molar-refractivity contribution in [1.82, 2.24) is 4.98 Å². The number of rotatable bonds is 5. The fourth-order valence-corrected chi connectivity index (χ4v) is 2.65. The van der Waals surface area contributed by atoms with Gasteiger partial charge in [-0.2, -0.15) is 0 Å². The summed E-state index contributed by atoms with van der Waals surface area (Å²) >= 11 is 1.83. The molecule has 1 heterocycles. The number of thioether (sulfide) groups is 1. The molecule has 1 aliphatic carbocycles. The Hall–Kier alpha value is -1.48. The summed E-state index contributed by atoms with van der Waals surface area (Å²) in [5.41, 5.74) is 2.50. The molecule has 1 aliphatic rings. The maximum atomic E-state index is 4.29. The van der Waals surface area contributed by atoms with Crippen LogP contribution in [0.2, 0.25) is 0 Å². The van der Waals surface area contributed by atoms with Crippen molar-refractivity contribution in [3.63, 3.8) is 0 Å². The van der Waals surface area contributed by atoms with E-state index in [4.69, 9.17) is 0 Å². The number of benzene rings is 1. The van der Waals surface area contributed by atoms with Crippen LogP contribution in [0.5, 0.6) is 0 Å². The zero-order valence-corrected chi connectivity index (χ0v) is 11.0. The fraction of sp³-hybridized carbons (Fsp3) is 0.267. The van der Waals surface area contributed by atoms with Gasteiger partial charge in [-0.1, -0.05) is 30.3 Å². The van der Waals surface area contributed by atoms with Crippen molar-refractivity contribution in [1.29, 1.82) is 0 Å². The van der Waals surface area contributed by atoms with Crippen LogP contribution in [0.4, 0.5) is 5.69 Å². The molecule has 0 aliphatic heterocycles. The third-order valence-electron chi connectivity index (χ3n) is 2.91. The molecule has 1 fully saturated rings. The largest absolute Gasteiger partial charge is 0.381 e. The molecule has 0 saturated heterocycles. The second-order valence-corrected chi connectivity index (χ2v) is 5.65. The molecule has 1 aromatic heterocycles. The van der Waals surface area contributed by atoms with Crippen molar-refractivity contribution in [3.05, 3.63) is 54.4 Å². The Morgan fingerprint density at radius 1 is 1.17 bits per heavy atom. The molecule has 3 rings (SSSR count). The SMILES string of the molecule is c1ccc(CSc2cncc(NC3CC3)c2)cc1. The van der Waals surface area contributed by atoms with Gasteiger partial charge >= 0.3 is 0 Å². The smallest absolute Gasteiger partial charge is 0.0540 e. The van der Waals surface area contributed by atoms with Crippen molar-refractivity contribution < 1.29 is 0 Å². The first-order valence-corrected chi connectivity index (χ1v) is 7.27. The van der Waals surface area contributed by atoms with E-state index in [-0.39, 0.29) is 0 Å². The molecule has 0 spiro atoms.